The Balaban J connectivity index is 0.00000208. The molecule has 0 radical (unpaired) electrons. The zero-order valence-corrected chi connectivity index (χ0v) is 14.9. The number of para-hydroxylation sites is 3. The molecule has 1 amide bonds. The lowest BCUT2D eigenvalue weighted by Crippen LogP contribution is -2.39. The van der Waals surface area contributed by atoms with Gasteiger partial charge in [-0.05, 0) is 24.3 Å². The van der Waals surface area contributed by atoms with Crippen LogP contribution in [0.5, 0.6) is 11.5 Å². The van der Waals surface area contributed by atoms with E-state index in [-0.39, 0.29) is 24.4 Å². The van der Waals surface area contributed by atoms with Crippen molar-refractivity contribution in [2.45, 2.75) is 12.5 Å². The van der Waals surface area contributed by atoms with Crippen molar-refractivity contribution in [1.29, 1.82) is 0 Å². The minimum Gasteiger partial charge on any atom is -0.455 e. The van der Waals surface area contributed by atoms with Gasteiger partial charge in [0, 0.05) is 30.5 Å². The van der Waals surface area contributed by atoms with Gasteiger partial charge in [0.05, 0.1) is 5.69 Å². The fraction of sp³-hybridized carbons (Fsp3) is 0.278. The molecule has 1 atom stereocenters. The molecule has 0 aliphatic carbocycles. The van der Waals surface area contributed by atoms with E-state index in [4.69, 9.17) is 4.74 Å². The number of carbonyl (C=O) groups excluding carboxylic acids is 1. The standard InChI is InChI=1S/C18H20N2O2S.ClH/c21-18(12-14-13-23-11-10-19-14)20-16-8-4-5-9-17(16)22-15-6-2-1-3-7-15;/h1-9,14,19H,10-13H2,(H,20,21);1H. The van der Waals surface area contributed by atoms with Crippen molar-refractivity contribution in [2.24, 2.45) is 0 Å². The molecular formula is C18H21ClN2O2S. The lowest BCUT2D eigenvalue weighted by molar-refractivity contribution is -0.116. The van der Waals surface area contributed by atoms with E-state index < -0.39 is 0 Å². The summed E-state index contributed by atoms with van der Waals surface area (Å²) in [6.45, 7) is 0.969. The first-order valence-electron chi connectivity index (χ1n) is 7.74. The van der Waals surface area contributed by atoms with Crippen LogP contribution < -0.4 is 15.4 Å². The van der Waals surface area contributed by atoms with Gasteiger partial charge >= 0.3 is 0 Å². The van der Waals surface area contributed by atoms with E-state index >= 15 is 0 Å². The molecule has 0 bridgehead atoms. The number of benzene rings is 2. The molecule has 0 spiro atoms. The van der Waals surface area contributed by atoms with Crippen LogP contribution in [0, 0.1) is 0 Å². The van der Waals surface area contributed by atoms with Crippen LogP contribution in [0.15, 0.2) is 54.6 Å². The molecule has 0 saturated carbocycles. The fourth-order valence-electron chi connectivity index (χ4n) is 2.45. The molecule has 1 unspecified atom stereocenters. The van der Waals surface area contributed by atoms with E-state index in [1.54, 1.807) is 0 Å². The Labute approximate surface area is 152 Å². The zero-order chi connectivity index (χ0) is 15.9. The Hall–Kier alpha value is -1.69. The number of ether oxygens (including phenoxy) is 1. The molecule has 1 aliphatic rings. The molecule has 1 heterocycles. The highest BCUT2D eigenvalue weighted by Crippen LogP contribution is 2.29. The summed E-state index contributed by atoms with van der Waals surface area (Å²) >= 11 is 1.89. The maximum atomic E-state index is 12.3. The van der Waals surface area contributed by atoms with Gasteiger partial charge in [0.15, 0.2) is 5.75 Å². The summed E-state index contributed by atoms with van der Waals surface area (Å²) < 4.78 is 5.87. The quantitative estimate of drug-likeness (QED) is 0.843. The molecule has 3 rings (SSSR count). The largest absolute Gasteiger partial charge is 0.455 e. The van der Waals surface area contributed by atoms with E-state index in [9.17, 15) is 4.79 Å². The first kappa shape index (κ1) is 18.6. The third-order valence-electron chi connectivity index (χ3n) is 3.56. The number of amides is 1. The highest BCUT2D eigenvalue weighted by Gasteiger charge is 2.17. The monoisotopic (exact) mass is 364 g/mol. The number of carbonyl (C=O) groups is 1. The van der Waals surface area contributed by atoms with Crippen molar-refractivity contribution in [1.82, 2.24) is 5.32 Å². The summed E-state index contributed by atoms with van der Waals surface area (Å²) in [5.74, 6) is 3.51. The normalized spacial score (nSPS) is 16.8. The molecule has 1 fully saturated rings. The molecule has 2 aromatic rings. The van der Waals surface area contributed by atoms with Gasteiger partial charge in [-0.1, -0.05) is 30.3 Å². The van der Waals surface area contributed by atoms with Gasteiger partial charge in [0.2, 0.25) is 5.91 Å². The number of thioether (sulfide) groups is 1. The molecule has 0 aromatic heterocycles. The van der Waals surface area contributed by atoms with E-state index in [2.05, 4.69) is 10.6 Å². The minimum atomic E-state index is 0. The Morgan fingerprint density at radius 1 is 1.17 bits per heavy atom. The number of rotatable bonds is 5. The van der Waals surface area contributed by atoms with Crippen molar-refractivity contribution in [3.05, 3.63) is 54.6 Å². The topological polar surface area (TPSA) is 50.4 Å². The maximum absolute atomic E-state index is 12.3. The molecule has 4 nitrogen and oxygen atoms in total. The molecule has 1 aliphatic heterocycles. The SMILES string of the molecule is Cl.O=C(CC1CSCCN1)Nc1ccccc1Oc1ccccc1. The van der Waals surface area contributed by atoms with Gasteiger partial charge in [0.25, 0.3) is 0 Å². The van der Waals surface area contributed by atoms with Crippen molar-refractivity contribution in [3.63, 3.8) is 0 Å². The van der Waals surface area contributed by atoms with Crippen molar-refractivity contribution >= 4 is 35.8 Å². The summed E-state index contributed by atoms with van der Waals surface area (Å²) in [7, 11) is 0. The van der Waals surface area contributed by atoms with Gasteiger partial charge in [0.1, 0.15) is 5.75 Å². The summed E-state index contributed by atoms with van der Waals surface area (Å²) in [4.78, 5) is 12.3. The third kappa shape index (κ3) is 5.44. The van der Waals surface area contributed by atoms with Crippen molar-refractivity contribution < 1.29 is 9.53 Å². The Morgan fingerprint density at radius 3 is 2.67 bits per heavy atom. The summed E-state index contributed by atoms with van der Waals surface area (Å²) in [5.41, 5.74) is 0.699. The Bertz CT molecular complexity index is 648. The van der Waals surface area contributed by atoms with Crippen LogP contribution in [-0.4, -0.2) is 30.0 Å². The molecule has 2 aromatic carbocycles. The smallest absolute Gasteiger partial charge is 0.226 e. The van der Waals surface area contributed by atoms with Crippen LogP contribution in [0.4, 0.5) is 5.69 Å². The average Bonchev–Trinajstić information content (AvgIpc) is 2.58. The predicted molar refractivity (Wildman–Crippen MR) is 103 cm³/mol. The molecule has 6 heteroatoms. The van der Waals surface area contributed by atoms with E-state index in [1.807, 2.05) is 66.4 Å². The van der Waals surface area contributed by atoms with Gasteiger partial charge in [-0.3, -0.25) is 4.79 Å². The number of halogens is 1. The van der Waals surface area contributed by atoms with Crippen LogP contribution >= 0.6 is 24.2 Å². The average molecular weight is 365 g/mol. The molecule has 128 valence electrons. The number of anilines is 1. The lowest BCUT2D eigenvalue weighted by Gasteiger charge is -2.22. The van der Waals surface area contributed by atoms with E-state index in [0.29, 0.717) is 17.9 Å². The van der Waals surface area contributed by atoms with Crippen molar-refractivity contribution in [2.75, 3.05) is 23.4 Å². The highest BCUT2D eigenvalue weighted by molar-refractivity contribution is 7.99. The second-order valence-electron chi connectivity index (χ2n) is 5.39. The molecule has 1 saturated heterocycles. The first-order valence-corrected chi connectivity index (χ1v) is 8.89. The van der Waals surface area contributed by atoms with Gasteiger partial charge in [-0.25, -0.2) is 0 Å². The van der Waals surface area contributed by atoms with Crippen molar-refractivity contribution in [3.8, 4) is 11.5 Å². The van der Waals surface area contributed by atoms with Crippen LogP contribution in [0.25, 0.3) is 0 Å². The number of hydrogen-bond donors (Lipinski definition) is 2. The van der Waals surface area contributed by atoms with Gasteiger partial charge < -0.3 is 15.4 Å². The maximum Gasteiger partial charge on any atom is 0.226 e. The lowest BCUT2D eigenvalue weighted by atomic mass is 10.2. The fourth-order valence-corrected chi connectivity index (χ4v) is 3.40. The first-order chi connectivity index (χ1) is 11.3. The molecule has 24 heavy (non-hydrogen) atoms. The molecular weight excluding hydrogens is 344 g/mol. The summed E-state index contributed by atoms with van der Waals surface area (Å²) in [5, 5.41) is 6.34. The Kier molecular flexibility index (Phi) is 7.43. The van der Waals surface area contributed by atoms with Crippen LogP contribution in [0.1, 0.15) is 6.42 Å². The van der Waals surface area contributed by atoms with Crippen LogP contribution in [0.2, 0.25) is 0 Å². The summed E-state index contributed by atoms with van der Waals surface area (Å²) in [6.07, 6.45) is 0.479. The second-order valence-corrected chi connectivity index (χ2v) is 6.54. The minimum absolute atomic E-state index is 0. The van der Waals surface area contributed by atoms with Crippen LogP contribution in [0.3, 0.4) is 0 Å². The van der Waals surface area contributed by atoms with Crippen LogP contribution in [-0.2, 0) is 4.79 Å². The summed E-state index contributed by atoms with van der Waals surface area (Å²) in [6, 6.07) is 17.3. The second kappa shape index (κ2) is 9.57. The third-order valence-corrected chi connectivity index (χ3v) is 4.69. The number of hydrogen-bond acceptors (Lipinski definition) is 4. The van der Waals surface area contributed by atoms with Gasteiger partial charge in [-0.15, -0.1) is 12.4 Å². The van der Waals surface area contributed by atoms with E-state index in [0.717, 1.165) is 23.8 Å². The highest BCUT2D eigenvalue weighted by atomic mass is 35.5. The zero-order valence-electron chi connectivity index (χ0n) is 13.2. The van der Waals surface area contributed by atoms with E-state index in [1.165, 1.54) is 0 Å². The Morgan fingerprint density at radius 2 is 1.92 bits per heavy atom. The molecule has 2 N–H and O–H groups in total. The predicted octanol–water partition coefficient (Wildman–Crippen LogP) is 3.93. The van der Waals surface area contributed by atoms with Gasteiger partial charge in [-0.2, -0.15) is 11.8 Å². The number of nitrogens with one attached hydrogen (secondary N) is 2.